The Bertz CT molecular complexity index is 889. The molecular weight excluding hydrogens is 322 g/mol. The molecule has 0 saturated carbocycles. The van der Waals surface area contributed by atoms with Crippen LogP contribution >= 0.6 is 11.8 Å². The molecule has 0 aliphatic rings. The van der Waals surface area contributed by atoms with Gasteiger partial charge in [-0.1, -0.05) is 49.0 Å². The number of nitro benzene ring substituents is 1. The Morgan fingerprint density at radius 1 is 1.21 bits per heavy atom. The van der Waals surface area contributed by atoms with E-state index in [2.05, 4.69) is 16.5 Å². The smallest absolute Gasteiger partial charge is 0.270 e. The van der Waals surface area contributed by atoms with Crippen LogP contribution in [0.4, 0.5) is 5.69 Å². The SMILES string of the molecule is CCSc1ncc(-c2cccc([N+](=O)[O-])c2)n1-c1ccccc1C. The van der Waals surface area contributed by atoms with E-state index in [0.717, 1.165) is 33.4 Å². The fourth-order valence-corrected chi connectivity index (χ4v) is 3.31. The van der Waals surface area contributed by atoms with Crippen molar-refractivity contribution >= 4 is 17.4 Å². The molecular formula is C18H17N3O2S. The van der Waals surface area contributed by atoms with Crippen LogP contribution in [0.1, 0.15) is 12.5 Å². The van der Waals surface area contributed by atoms with Gasteiger partial charge in [-0.15, -0.1) is 0 Å². The number of nitro groups is 1. The summed E-state index contributed by atoms with van der Waals surface area (Å²) in [5.74, 6) is 0.900. The van der Waals surface area contributed by atoms with Crippen LogP contribution in [0.3, 0.4) is 0 Å². The van der Waals surface area contributed by atoms with Gasteiger partial charge in [0, 0.05) is 17.7 Å². The molecule has 0 fully saturated rings. The summed E-state index contributed by atoms with van der Waals surface area (Å²) in [5.41, 5.74) is 3.87. The monoisotopic (exact) mass is 339 g/mol. The van der Waals surface area contributed by atoms with E-state index in [1.54, 1.807) is 30.1 Å². The number of hydrogen-bond acceptors (Lipinski definition) is 4. The third kappa shape index (κ3) is 3.05. The molecule has 0 N–H and O–H groups in total. The summed E-state index contributed by atoms with van der Waals surface area (Å²) in [6, 6.07) is 14.7. The van der Waals surface area contributed by atoms with Crippen LogP contribution in [0, 0.1) is 17.0 Å². The number of nitrogens with zero attached hydrogens (tertiary/aromatic N) is 3. The van der Waals surface area contributed by atoms with E-state index in [0.29, 0.717) is 0 Å². The lowest BCUT2D eigenvalue weighted by molar-refractivity contribution is -0.384. The zero-order valence-corrected chi connectivity index (χ0v) is 14.3. The van der Waals surface area contributed by atoms with Gasteiger partial charge in [-0.25, -0.2) is 4.98 Å². The second-order valence-corrected chi connectivity index (χ2v) is 6.52. The summed E-state index contributed by atoms with van der Waals surface area (Å²) in [4.78, 5) is 15.2. The molecule has 0 aliphatic carbocycles. The van der Waals surface area contributed by atoms with Crippen LogP contribution in [-0.4, -0.2) is 20.2 Å². The van der Waals surface area contributed by atoms with Gasteiger partial charge in [0.25, 0.3) is 5.69 Å². The highest BCUT2D eigenvalue weighted by Gasteiger charge is 2.16. The average Bonchev–Trinajstić information content (AvgIpc) is 2.99. The molecule has 3 aromatic rings. The lowest BCUT2D eigenvalue weighted by Gasteiger charge is -2.14. The van der Waals surface area contributed by atoms with E-state index < -0.39 is 0 Å². The van der Waals surface area contributed by atoms with Crippen molar-refractivity contribution in [3.63, 3.8) is 0 Å². The fourth-order valence-electron chi connectivity index (χ4n) is 2.60. The molecule has 0 atom stereocenters. The van der Waals surface area contributed by atoms with Crippen LogP contribution in [0.15, 0.2) is 59.9 Å². The Balaban J connectivity index is 2.21. The lowest BCUT2D eigenvalue weighted by Crippen LogP contribution is -2.01. The van der Waals surface area contributed by atoms with Crippen molar-refractivity contribution in [2.75, 3.05) is 5.75 Å². The number of thioether (sulfide) groups is 1. The summed E-state index contributed by atoms with van der Waals surface area (Å²) in [6.07, 6.45) is 1.78. The molecule has 3 rings (SSSR count). The maximum Gasteiger partial charge on any atom is 0.270 e. The number of benzene rings is 2. The first-order valence-electron chi connectivity index (χ1n) is 7.63. The normalized spacial score (nSPS) is 10.8. The highest BCUT2D eigenvalue weighted by molar-refractivity contribution is 7.99. The van der Waals surface area contributed by atoms with E-state index >= 15 is 0 Å². The van der Waals surface area contributed by atoms with Gasteiger partial charge < -0.3 is 0 Å². The fraction of sp³-hybridized carbons (Fsp3) is 0.167. The van der Waals surface area contributed by atoms with Gasteiger partial charge in [-0.3, -0.25) is 14.7 Å². The van der Waals surface area contributed by atoms with E-state index in [4.69, 9.17) is 0 Å². The van der Waals surface area contributed by atoms with E-state index in [1.165, 1.54) is 6.07 Å². The lowest BCUT2D eigenvalue weighted by atomic mass is 10.1. The molecule has 0 unspecified atom stereocenters. The summed E-state index contributed by atoms with van der Waals surface area (Å²) in [5, 5.41) is 12.0. The van der Waals surface area contributed by atoms with Crippen molar-refractivity contribution in [2.24, 2.45) is 0 Å². The van der Waals surface area contributed by atoms with Crippen molar-refractivity contribution < 1.29 is 4.92 Å². The molecule has 0 spiro atoms. The highest BCUT2D eigenvalue weighted by Crippen LogP contribution is 2.32. The van der Waals surface area contributed by atoms with Crippen LogP contribution in [0.25, 0.3) is 16.9 Å². The minimum absolute atomic E-state index is 0.0785. The van der Waals surface area contributed by atoms with Gasteiger partial charge in [0.2, 0.25) is 0 Å². The molecule has 0 aliphatic heterocycles. The van der Waals surface area contributed by atoms with Crippen LogP contribution < -0.4 is 0 Å². The molecule has 6 heteroatoms. The predicted molar refractivity (Wildman–Crippen MR) is 96.8 cm³/mol. The van der Waals surface area contributed by atoms with Gasteiger partial charge in [0.1, 0.15) is 0 Å². The minimum atomic E-state index is -0.375. The minimum Gasteiger partial charge on any atom is -0.287 e. The molecule has 1 heterocycles. The summed E-state index contributed by atoms with van der Waals surface area (Å²) < 4.78 is 2.07. The Hall–Kier alpha value is -2.60. The zero-order chi connectivity index (χ0) is 17.1. The second kappa shape index (κ2) is 6.88. The zero-order valence-electron chi connectivity index (χ0n) is 13.5. The number of aryl methyl sites for hydroxylation is 1. The molecule has 0 radical (unpaired) electrons. The molecule has 2 aromatic carbocycles. The first-order chi connectivity index (χ1) is 11.6. The van der Waals surface area contributed by atoms with Gasteiger partial charge >= 0.3 is 0 Å². The maximum absolute atomic E-state index is 11.1. The third-order valence-corrected chi connectivity index (χ3v) is 4.55. The van der Waals surface area contributed by atoms with Crippen molar-refractivity contribution in [2.45, 2.75) is 19.0 Å². The molecule has 122 valence electrons. The standard InChI is InChI=1S/C18H17N3O2S/c1-3-24-18-19-12-17(14-8-6-9-15(11-14)21(22)23)20(18)16-10-5-4-7-13(16)2/h4-12H,3H2,1-2H3. The number of imidazole rings is 1. The Kier molecular flexibility index (Phi) is 4.66. The molecule has 0 amide bonds. The van der Waals surface area contributed by atoms with Crippen molar-refractivity contribution in [1.82, 2.24) is 9.55 Å². The van der Waals surface area contributed by atoms with Gasteiger partial charge in [0.05, 0.1) is 22.5 Å². The van der Waals surface area contributed by atoms with Gasteiger partial charge in [0.15, 0.2) is 5.16 Å². The van der Waals surface area contributed by atoms with Crippen molar-refractivity contribution in [1.29, 1.82) is 0 Å². The Morgan fingerprint density at radius 3 is 2.71 bits per heavy atom. The van der Waals surface area contributed by atoms with Crippen LogP contribution in [-0.2, 0) is 0 Å². The topological polar surface area (TPSA) is 61.0 Å². The molecule has 1 aromatic heterocycles. The van der Waals surface area contributed by atoms with Gasteiger partial charge in [-0.05, 0) is 24.3 Å². The predicted octanol–water partition coefficient (Wildman–Crippen LogP) is 4.87. The van der Waals surface area contributed by atoms with Crippen LogP contribution in [0.5, 0.6) is 0 Å². The maximum atomic E-state index is 11.1. The number of hydrogen-bond donors (Lipinski definition) is 0. The first-order valence-corrected chi connectivity index (χ1v) is 8.61. The number of non-ortho nitro benzene ring substituents is 1. The molecule has 0 bridgehead atoms. The van der Waals surface area contributed by atoms with Crippen molar-refractivity contribution in [3.05, 3.63) is 70.4 Å². The largest absolute Gasteiger partial charge is 0.287 e. The average molecular weight is 339 g/mol. The number of aromatic nitrogens is 2. The third-order valence-electron chi connectivity index (χ3n) is 3.71. The van der Waals surface area contributed by atoms with Crippen molar-refractivity contribution in [3.8, 4) is 16.9 Å². The van der Waals surface area contributed by atoms with E-state index in [9.17, 15) is 10.1 Å². The quantitative estimate of drug-likeness (QED) is 0.378. The number of para-hydroxylation sites is 1. The van der Waals surface area contributed by atoms with E-state index in [1.807, 2.05) is 37.3 Å². The van der Waals surface area contributed by atoms with E-state index in [-0.39, 0.29) is 10.6 Å². The summed E-state index contributed by atoms with van der Waals surface area (Å²) in [7, 11) is 0. The molecule has 0 saturated heterocycles. The second-order valence-electron chi connectivity index (χ2n) is 5.29. The summed E-state index contributed by atoms with van der Waals surface area (Å²) >= 11 is 1.65. The Morgan fingerprint density at radius 2 is 2.00 bits per heavy atom. The number of rotatable bonds is 5. The summed E-state index contributed by atoms with van der Waals surface area (Å²) in [6.45, 7) is 4.13. The Labute approximate surface area is 144 Å². The molecule has 5 nitrogen and oxygen atoms in total. The van der Waals surface area contributed by atoms with Crippen LogP contribution in [0.2, 0.25) is 0 Å². The highest BCUT2D eigenvalue weighted by atomic mass is 32.2. The molecule has 24 heavy (non-hydrogen) atoms. The van der Waals surface area contributed by atoms with Gasteiger partial charge in [-0.2, -0.15) is 0 Å². The first kappa shape index (κ1) is 16.3.